The molecule has 1 aliphatic rings. The van der Waals surface area contributed by atoms with Gasteiger partial charge in [-0.1, -0.05) is 0 Å². The van der Waals surface area contributed by atoms with Crippen LogP contribution in [0.15, 0.2) is 0 Å². The van der Waals surface area contributed by atoms with Crippen molar-refractivity contribution in [3.05, 3.63) is 4.91 Å². The molecule has 0 aromatic carbocycles. The molecular weight excluding hydrogens is 833 g/mol. The van der Waals surface area contributed by atoms with Gasteiger partial charge < -0.3 is 79.8 Å². The van der Waals surface area contributed by atoms with Crippen LogP contribution < -0.4 is 79.8 Å². The molecule has 0 unspecified atom stereocenters. The van der Waals surface area contributed by atoms with Crippen LogP contribution in [0.3, 0.4) is 0 Å². The van der Waals surface area contributed by atoms with Crippen LogP contribution in [0, 0.1) is 4.91 Å². The fraction of sp³-hybridized carbons (Fsp3) is 0.825. The van der Waals surface area contributed by atoms with Gasteiger partial charge in [-0.05, 0) is 97.3 Å². The van der Waals surface area contributed by atoms with E-state index in [0.717, 1.165) is 26.1 Å². The summed E-state index contributed by atoms with van der Waals surface area (Å²) in [7, 11) is 0. The minimum absolute atomic E-state index is 0.00453. The highest BCUT2D eigenvalue weighted by Crippen LogP contribution is 1.85. The Labute approximate surface area is 378 Å². The standard InChI is InChI=1S/C40H80N16O8/c57-34-33-49-16-1-9-41-24-25-42-10-2-18-50-35(58)36(59)51-19-3-11-43-26-27-44-12-4-20-52-37(60)38(61)53-21-5-13-45-28-29-46-14-6-22-54-39(62)40(63)55-23-7-15-47-30-31-48-17-8-32-56(34)64/h41-49H,1-33H2,(H5-,50,51,52,53,54,55,58,59,60,61,62,63)/p+1. The molecule has 0 aliphatic carbocycles. The van der Waals surface area contributed by atoms with E-state index in [9.17, 15) is 38.5 Å². The van der Waals surface area contributed by atoms with Gasteiger partial charge in [-0.2, -0.15) is 0 Å². The van der Waals surface area contributed by atoms with Crippen LogP contribution in [0.1, 0.15) is 51.4 Å². The first-order valence-corrected chi connectivity index (χ1v) is 23.2. The van der Waals surface area contributed by atoms with Crippen molar-refractivity contribution < 1.29 is 38.3 Å². The Kier molecular flexibility index (Phi) is 38.5. The molecule has 24 heteroatoms. The minimum atomic E-state index is -0.661. The average Bonchev–Trinajstić information content (AvgIpc) is 3.29. The maximum absolute atomic E-state index is 12.1. The van der Waals surface area contributed by atoms with Crippen LogP contribution in [0.25, 0.3) is 0 Å². The summed E-state index contributed by atoms with van der Waals surface area (Å²) in [6.07, 6.45) is 5.32. The summed E-state index contributed by atoms with van der Waals surface area (Å²) in [5, 5.41) is 44.8. The summed E-state index contributed by atoms with van der Waals surface area (Å²) < 4.78 is 0.495. The first kappa shape index (κ1) is 57.7. The predicted molar refractivity (Wildman–Crippen MR) is 244 cm³/mol. The molecule has 15 N–H and O–H groups in total. The molecule has 368 valence electrons. The van der Waals surface area contributed by atoms with Crippen LogP contribution in [-0.2, 0) is 33.6 Å². The monoisotopic (exact) mass is 914 g/mol. The third-order valence-corrected chi connectivity index (χ3v) is 9.40. The number of carbonyl (C=O) groups is 7. The van der Waals surface area contributed by atoms with Crippen molar-refractivity contribution in [3.63, 3.8) is 0 Å². The van der Waals surface area contributed by atoms with E-state index >= 15 is 0 Å². The molecule has 1 aliphatic heterocycles. The molecule has 64 heavy (non-hydrogen) atoms. The van der Waals surface area contributed by atoms with Gasteiger partial charge in [0.15, 0.2) is 0 Å². The smallest absolute Gasteiger partial charge is 0.348 e. The van der Waals surface area contributed by atoms with E-state index in [0.29, 0.717) is 181 Å². The van der Waals surface area contributed by atoms with Gasteiger partial charge in [-0.15, -0.1) is 0 Å². The normalized spacial score (nSPS) is 22.0. The van der Waals surface area contributed by atoms with Gasteiger partial charge in [0.25, 0.3) is 0 Å². The van der Waals surface area contributed by atoms with Gasteiger partial charge >= 0.3 is 41.4 Å². The lowest BCUT2D eigenvalue weighted by molar-refractivity contribution is -0.468. The number of rotatable bonds is 0. The van der Waals surface area contributed by atoms with Gasteiger partial charge in [0.2, 0.25) is 6.54 Å². The van der Waals surface area contributed by atoms with E-state index in [1.807, 2.05) is 0 Å². The Morgan fingerprint density at radius 1 is 0.250 bits per heavy atom. The van der Waals surface area contributed by atoms with Gasteiger partial charge in [0, 0.05) is 109 Å². The number of amides is 7. The van der Waals surface area contributed by atoms with Gasteiger partial charge in [-0.3, -0.25) is 28.8 Å². The summed E-state index contributed by atoms with van der Waals surface area (Å²) in [5.41, 5.74) is 0. The van der Waals surface area contributed by atoms with Crippen molar-refractivity contribution in [2.24, 2.45) is 0 Å². The van der Waals surface area contributed by atoms with E-state index in [-0.39, 0.29) is 13.1 Å². The lowest BCUT2D eigenvalue weighted by Gasteiger charge is -2.09. The molecule has 0 atom stereocenters. The van der Waals surface area contributed by atoms with Gasteiger partial charge in [0.05, 0.1) is 4.76 Å². The predicted octanol–water partition coefficient (Wildman–Crippen LogP) is -6.57. The van der Waals surface area contributed by atoms with E-state index in [1.54, 1.807) is 0 Å². The highest BCUT2D eigenvalue weighted by atomic mass is 16.3. The second kappa shape index (κ2) is 42.7. The molecule has 0 spiro atoms. The Bertz CT molecular complexity index is 1310. The van der Waals surface area contributed by atoms with E-state index in [4.69, 9.17) is 0 Å². The van der Waals surface area contributed by atoms with Crippen LogP contribution in [-0.4, -0.2) is 210 Å². The van der Waals surface area contributed by atoms with Crippen molar-refractivity contribution in [3.8, 4) is 0 Å². The van der Waals surface area contributed by atoms with E-state index in [2.05, 4.69) is 79.8 Å². The van der Waals surface area contributed by atoms with E-state index in [1.165, 1.54) is 0 Å². The van der Waals surface area contributed by atoms with Gasteiger partial charge in [-0.25, -0.2) is 4.79 Å². The average molecular weight is 914 g/mol. The van der Waals surface area contributed by atoms with Gasteiger partial charge in [0.1, 0.15) is 6.54 Å². The SMILES string of the molecule is O=C1NCCCNCCNCCCNCC(=O)[N+](=O)CCCNCCNCCCNC(=O)C(=O)NCCCNCCNCCCNC(=O)C(=O)NCCCNCCNCCCNC1=O. The third-order valence-electron chi connectivity index (χ3n) is 9.40. The molecule has 24 nitrogen and oxygen atoms in total. The van der Waals surface area contributed by atoms with Crippen LogP contribution >= 0.6 is 0 Å². The molecule has 1 fully saturated rings. The quantitative estimate of drug-likeness (QED) is 0.0794. The maximum atomic E-state index is 12.1. The Morgan fingerprint density at radius 3 is 0.703 bits per heavy atom. The third kappa shape index (κ3) is 36.1. The summed E-state index contributed by atoms with van der Waals surface area (Å²) in [6, 6.07) is 0. The first-order valence-electron chi connectivity index (χ1n) is 23.2. The highest BCUT2D eigenvalue weighted by Gasteiger charge is 2.20. The van der Waals surface area contributed by atoms with E-state index < -0.39 is 41.4 Å². The molecule has 0 aromatic rings. The van der Waals surface area contributed by atoms with Crippen molar-refractivity contribution >= 4 is 41.4 Å². The molecule has 0 bridgehead atoms. The molecule has 0 radical (unpaired) electrons. The first-order chi connectivity index (χ1) is 31.2. The molecule has 7 amide bonds. The fourth-order valence-corrected chi connectivity index (χ4v) is 5.77. The zero-order valence-corrected chi connectivity index (χ0v) is 38.0. The Balaban J connectivity index is 2.27. The van der Waals surface area contributed by atoms with Crippen molar-refractivity contribution in [2.45, 2.75) is 51.4 Å². The summed E-state index contributed by atoms with van der Waals surface area (Å²) in [4.78, 5) is 96.4. The fourth-order valence-electron chi connectivity index (χ4n) is 5.77. The minimum Gasteiger partial charge on any atom is -0.348 e. The molecule has 1 heterocycles. The second-order valence-corrected chi connectivity index (χ2v) is 15.0. The number of nitrogens with one attached hydrogen (secondary N) is 15. The topological polar surface area (TPSA) is 320 Å². The number of hydrogen-bond acceptors (Lipinski definition) is 17. The molecule has 0 aromatic heterocycles. The van der Waals surface area contributed by atoms with Crippen molar-refractivity contribution in [2.75, 3.05) is 164 Å². The number of hydrogen-bond donors (Lipinski definition) is 15. The number of nitroso groups, excluding NO2 is 1. The largest absolute Gasteiger partial charge is 0.446 e. The lowest BCUT2D eigenvalue weighted by Crippen LogP contribution is -2.42. The highest BCUT2D eigenvalue weighted by molar-refractivity contribution is 6.35. The number of nitrogens with zero attached hydrogens (tertiary/aromatic N) is 1. The summed E-state index contributed by atoms with van der Waals surface area (Å²) >= 11 is 0. The maximum Gasteiger partial charge on any atom is 0.446 e. The molecular formula is C40H81N16O8+. The zero-order chi connectivity index (χ0) is 46.6. The Hall–Kier alpha value is -4.27. The molecule has 1 saturated heterocycles. The van der Waals surface area contributed by atoms with Crippen LogP contribution in [0.4, 0.5) is 0 Å². The second-order valence-electron chi connectivity index (χ2n) is 15.0. The summed E-state index contributed by atoms with van der Waals surface area (Å²) in [5.74, 6) is -4.43. The van der Waals surface area contributed by atoms with Crippen molar-refractivity contribution in [1.29, 1.82) is 0 Å². The van der Waals surface area contributed by atoms with Crippen LogP contribution in [0.5, 0.6) is 0 Å². The van der Waals surface area contributed by atoms with Crippen molar-refractivity contribution in [1.82, 2.24) is 79.8 Å². The van der Waals surface area contributed by atoms with Crippen LogP contribution in [0.2, 0.25) is 0 Å². The number of carbonyl (C=O) groups excluding carboxylic acids is 7. The molecule has 1 rings (SSSR count). The Morgan fingerprint density at radius 2 is 0.453 bits per heavy atom. The lowest BCUT2D eigenvalue weighted by atomic mass is 10.3. The molecule has 0 saturated carbocycles. The zero-order valence-electron chi connectivity index (χ0n) is 38.0. The summed E-state index contributed by atoms with van der Waals surface area (Å²) in [6.45, 7) is 14.0.